The number of carbonyl (C=O) groups excluding carboxylic acids is 2. The van der Waals surface area contributed by atoms with E-state index in [9.17, 15) is 24.6 Å². The maximum Gasteiger partial charge on any atom is 0.297 e. The molecule has 1 aromatic heterocycles. The number of aliphatic hydroxyl groups is 2. The summed E-state index contributed by atoms with van der Waals surface area (Å²) in [6.45, 7) is 2.22. The second-order valence-electron chi connectivity index (χ2n) is 12.2. The van der Waals surface area contributed by atoms with Crippen molar-refractivity contribution in [2.24, 2.45) is 5.92 Å². The molecule has 6 rings (SSSR count). The van der Waals surface area contributed by atoms with Crippen LogP contribution in [0.2, 0.25) is 0 Å². The molecule has 0 spiro atoms. The molecule has 0 unspecified atom stereocenters. The number of ether oxygens (including phenoxy) is 2. The first kappa shape index (κ1) is 32.7. The molecular formula is C38H39N3O7. The molecule has 2 aliphatic heterocycles. The van der Waals surface area contributed by atoms with Gasteiger partial charge in [-0.2, -0.15) is 0 Å². The molecule has 3 heterocycles. The summed E-state index contributed by atoms with van der Waals surface area (Å²) < 4.78 is 12.1. The van der Waals surface area contributed by atoms with Gasteiger partial charge in [0.2, 0.25) is 5.91 Å². The van der Waals surface area contributed by atoms with Gasteiger partial charge in [0.25, 0.3) is 11.5 Å². The fraction of sp³-hybridized carbons (Fsp3) is 0.289. The third-order valence-corrected chi connectivity index (χ3v) is 9.43. The minimum Gasteiger partial charge on any atom is -0.497 e. The van der Waals surface area contributed by atoms with E-state index in [0.29, 0.717) is 35.7 Å². The van der Waals surface area contributed by atoms with Gasteiger partial charge in [-0.3, -0.25) is 19.0 Å². The molecule has 0 bridgehead atoms. The SMILES string of the molecule is COc1ccc2c(c1)[C@@](O)([C@H](C)/C=C/CC(=O)N1Cc3ccccc3C[C@H]1CO)C(=O)N2Cc1ccc(-n2cccc(OC)c2=O)cc1. The van der Waals surface area contributed by atoms with Crippen LogP contribution < -0.4 is 19.9 Å². The molecule has 2 N–H and O–H groups in total. The molecule has 248 valence electrons. The van der Waals surface area contributed by atoms with E-state index in [-0.39, 0.29) is 42.8 Å². The Bertz CT molecular complexity index is 1920. The monoisotopic (exact) mass is 649 g/mol. The zero-order valence-electron chi connectivity index (χ0n) is 27.2. The lowest BCUT2D eigenvalue weighted by Crippen LogP contribution is -2.46. The normalized spacial score (nSPS) is 19.3. The van der Waals surface area contributed by atoms with Crippen LogP contribution in [0, 0.1) is 5.92 Å². The van der Waals surface area contributed by atoms with Crippen molar-refractivity contribution in [3.63, 3.8) is 0 Å². The van der Waals surface area contributed by atoms with Crippen LogP contribution in [0.3, 0.4) is 0 Å². The van der Waals surface area contributed by atoms with Gasteiger partial charge in [0.1, 0.15) is 5.75 Å². The van der Waals surface area contributed by atoms with E-state index in [0.717, 1.165) is 16.7 Å². The lowest BCUT2D eigenvalue weighted by atomic mass is 9.82. The molecule has 4 aromatic rings. The van der Waals surface area contributed by atoms with Crippen molar-refractivity contribution in [1.82, 2.24) is 9.47 Å². The molecule has 0 saturated carbocycles. The zero-order valence-corrected chi connectivity index (χ0v) is 27.2. The minimum atomic E-state index is -1.91. The molecule has 2 amide bonds. The number of rotatable bonds is 10. The highest BCUT2D eigenvalue weighted by atomic mass is 16.5. The number of pyridine rings is 1. The molecule has 0 fully saturated rings. The first-order chi connectivity index (χ1) is 23.2. The van der Waals surface area contributed by atoms with Gasteiger partial charge in [0, 0.05) is 36.3 Å². The Hall–Kier alpha value is -5.19. The van der Waals surface area contributed by atoms with Crippen LogP contribution in [0.15, 0.2) is 102 Å². The van der Waals surface area contributed by atoms with E-state index in [1.165, 1.54) is 18.8 Å². The molecule has 2 aliphatic rings. The summed E-state index contributed by atoms with van der Waals surface area (Å²) >= 11 is 0. The van der Waals surface area contributed by atoms with Gasteiger partial charge in [-0.15, -0.1) is 0 Å². The Morgan fingerprint density at radius 1 is 1.00 bits per heavy atom. The summed E-state index contributed by atoms with van der Waals surface area (Å²) in [6, 6.07) is 23.4. The summed E-state index contributed by atoms with van der Waals surface area (Å²) in [5.41, 5.74) is 2.42. The number of fused-ring (bicyclic) bond motifs is 2. The largest absolute Gasteiger partial charge is 0.497 e. The quantitative estimate of drug-likeness (QED) is 0.248. The van der Waals surface area contributed by atoms with E-state index < -0.39 is 17.4 Å². The predicted molar refractivity (Wildman–Crippen MR) is 181 cm³/mol. The van der Waals surface area contributed by atoms with E-state index in [2.05, 4.69) is 0 Å². The van der Waals surface area contributed by atoms with Crippen LogP contribution >= 0.6 is 0 Å². The summed E-state index contributed by atoms with van der Waals surface area (Å²) in [6.07, 6.45) is 5.70. The number of anilines is 1. The molecule has 0 saturated heterocycles. The number of aromatic nitrogens is 1. The summed E-state index contributed by atoms with van der Waals surface area (Å²) in [4.78, 5) is 43.4. The number of hydrogen-bond donors (Lipinski definition) is 2. The Morgan fingerprint density at radius 3 is 2.46 bits per heavy atom. The van der Waals surface area contributed by atoms with Gasteiger partial charge in [-0.05, 0) is 65.6 Å². The first-order valence-electron chi connectivity index (χ1n) is 15.9. The van der Waals surface area contributed by atoms with Gasteiger partial charge in [-0.1, -0.05) is 55.5 Å². The third-order valence-electron chi connectivity index (χ3n) is 9.43. The fourth-order valence-electron chi connectivity index (χ4n) is 6.66. The standard InChI is InChI=1S/C38H39N3O7/c1-25(8-6-12-35(43)40-23-28-10-5-4-9-27(28)20-30(40)24-42)38(46)32-21-31(47-2)17-18-33(32)41(37(38)45)22-26-13-15-29(16-14-26)39-19-7-11-34(48-3)36(39)44/h4-11,13-19,21,25,30,42,46H,12,20,22-24H2,1-3H3/b8-6+/t25-,30+,38+/m1/s1. The average Bonchev–Trinajstić information content (AvgIpc) is 3.33. The first-order valence-corrected chi connectivity index (χ1v) is 15.9. The summed E-state index contributed by atoms with van der Waals surface area (Å²) in [5, 5.41) is 22.2. The topological polar surface area (TPSA) is 122 Å². The molecule has 3 atom stereocenters. The molecular weight excluding hydrogens is 610 g/mol. The van der Waals surface area contributed by atoms with Crippen LogP contribution in [-0.2, 0) is 34.7 Å². The van der Waals surface area contributed by atoms with Crippen molar-refractivity contribution in [2.45, 2.75) is 44.5 Å². The highest BCUT2D eigenvalue weighted by Gasteiger charge is 2.52. The molecule has 10 nitrogen and oxygen atoms in total. The van der Waals surface area contributed by atoms with E-state index in [1.807, 2.05) is 36.4 Å². The fourth-order valence-corrected chi connectivity index (χ4v) is 6.66. The Kier molecular flexibility index (Phi) is 9.21. The van der Waals surface area contributed by atoms with Gasteiger partial charge >= 0.3 is 0 Å². The molecule has 0 radical (unpaired) electrons. The van der Waals surface area contributed by atoms with Gasteiger partial charge in [0.05, 0.1) is 39.1 Å². The van der Waals surface area contributed by atoms with Crippen LogP contribution in [0.1, 0.15) is 35.6 Å². The van der Waals surface area contributed by atoms with Crippen LogP contribution in [-0.4, -0.2) is 58.4 Å². The zero-order chi connectivity index (χ0) is 34.0. The highest BCUT2D eigenvalue weighted by molar-refractivity contribution is 6.07. The predicted octanol–water partition coefficient (Wildman–Crippen LogP) is 4.12. The number of methoxy groups -OCH3 is 2. The van der Waals surface area contributed by atoms with E-state index in [4.69, 9.17) is 9.47 Å². The Balaban J connectivity index is 1.21. The second-order valence-corrected chi connectivity index (χ2v) is 12.2. The van der Waals surface area contributed by atoms with Crippen molar-refractivity contribution in [2.75, 3.05) is 25.7 Å². The van der Waals surface area contributed by atoms with E-state index in [1.54, 1.807) is 77.5 Å². The number of hydrogen-bond acceptors (Lipinski definition) is 7. The number of nitrogens with zero attached hydrogens (tertiary/aromatic N) is 3. The smallest absolute Gasteiger partial charge is 0.297 e. The molecule has 3 aromatic carbocycles. The molecule has 10 heteroatoms. The lowest BCUT2D eigenvalue weighted by Gasteiger charge is -2.36. The average molecular weight is 650 g/mol. The summed E-state index contributed by atoms with van der Waals surface area (Å²) in [7, 11) is 2.97. The van der Waals surface area contributed by atoms with Crippen molar-refractivity contribution in [3.8, 4) is 17.2 Å². The van der Waals surface area contributed by atoms with Gasteiger partial charge in [-0.25, -0.2) is 0 Å². The summed E-state index contributed by atoms with van der Waals surface area (Å²) in [5.74, 6) is -0.585. The van der Waals surface area contributed by atoms with Crippen molar-refractivity contribution in [3.05, 3.63) is 130 Å². The number of carbonyl (C=O) groups is 2. The minimum absolute atomic E-state index is 0.0602. The van der Waals surface area contributed by atoms with E-state index >= 15 is 0 Å². The third kappa shape index (κ3) is 5.89. The van der Waals surface area contributed by atoms with Crippen molar-refractivity contribution in [1.29, 1.82) is 0 Å². The maximum absolute atomic E-state index is 14.1. The van der Waals surface area contributed by atoms with Crippen LogP contribution in [0.25, 0.3) is 5.69 Å². The number of aliphatic hydroxyl groups excluding tert-OH is 1. The second kappa shape index (κ2) is 13.5. The number of amides is 2. The number of benzene rings is 3. The van der Waals surface area contributed by atoms with Gasteiger partial charge in [0.15, 0.2) is 11.4 Å². The van der Waals surface area contributed by atoms with Crippen LogP contribution in [0.4, 0.5) is 5.69 Å². The van der Waals surface area contributed by atoms with Crippen molar-refractivity contribution < 1.29 is 29.3 Å². The highest BCUT2D eigenvalue weighted by Crippen LogP contribution is 2.47. The molecule has 48 heavy (non-hydrogen) atoms. The van der Waals surface area contributed by atoms with Gasteiger partial charge < -0.3 is 29.5 Å². The maximum atomic E-state index is 14.1. The van der Waals surface area contributed by atoms with Crippen LogP contribution in [0.5, 0.6) is 11.5 Å². The molecule has 0 aliphatic carbocycles. The van der Waals surface area contributed by atoms with Crippen molar-refractivity contribution >= 4 is 17.5 Å². The Morgan fingerprint density at radius 2 is 1.75 bits per heavy atom. The Labute approximate surface area is 279 Å². The lowest BCUT2D eigenvalue weighted by molar-refractivity contribution is -0.139.